The van der Waals surface area contributed by atoms with Gasteiger partial charge in [0.15, 0.2) is 11.6 Å². The quantitative estimate of drug-likeness (QED) is 0.129. The lowest BCUT2D eigenvalue weighted by Crippen LogP contribution is -2.20. The van der Waals surface area contributed by atoms with Gasteiger partial charge in [0, 0.05) is 22.7 Å². The van der Waals surface area contributed by atoms with Crippen LogP contribution in [0.4, 0.5) is 17.3 Å². The SMILES string of the molecule is Cc1cc(C)c(C(c2c(C)cc(C)cc2C)c2c(C)cc(C)c(N(c3ccccc3)c3nc(-c4ccccc4)nc(-c4cc(-c5ccccc5)cc(-c5ccccc5)c4)n3)c2C)c(C)c1. The fourth-order valence-electron chi connectivity index (χ4n) is 10.3. The summed E-state index contributed by atoms with van der Waals surface area (Å²) in [6, 6.07) is 60.4. The molecule has 0 aliphatic heterocycles. The predicted octanol–water partition coefficient (Wildman–Crippen LogP) is 16.0. The lowest BCUT2D eigenvalue weighted by molar-refractivity contribution is 0.895. The summed E-state index contributed by atoms with van der Waals surface area (Å²) in [5.41, 5.74) is 23.7. The number of anilines is 3. The number of rotatable bonds is 10. The Hall–Kier alpha value is -7.43. The zero-order valence-corrected chi connectivity index (χ0v) is 39.0. The van der Waals surface area contributed by atoms with Gasteiger partial charge in [-0.1, -0.05) is 151 Å². The van der Waals surface area contributed by atoms with Crippen LogP contribution in [0, 0.1) is 62.3 Å². The molecule has 0 unspecified atom stereocenters. The molecule has 0 aliphatic rings. The predicted molar refractivity (Wildman–Crippen MR) is 273 cm³/mol. The maximum atomic E-state index is 5.53. The van der Waals surface area contributed by atoms with E-state index in [1.165, 1.54) is 61.2 Å². The molecule has 320 valence electrons. The average Bonchev–Trinajstić information content (AvgIpc) is 3.30. The van der Waals surface area contributed by atoms with Gasteiger partial charge in [-0.3, -0.25) is 4.90 Å². The Bertz CT molecular complexity index is 3010. The maximum Gasteiger partial charge on any atom is 0.238 e. The molecule has 8 aromatic carbocycles. The Kier molecular flexibility index (Phi) is 11.9. The van der Waals surface area contributed by atoms with E-state index in [9.17, 15) is 0 Å². The first-order valence-electron chi connectivity index (χ1n) is 22.6. The molecule has 0 amide bonds. The van der Waals surface area contributed by atoms with E-state index in [0.29, 0.717) is 17.6 Å². The molecule has 1 aromatic heterocycles. The highest BCUT2D eigenvalue weighted by molar-refractivity contribution is 5.83. The fraction of sp³-hybridized carbons (Fsp3) is 0.164. The first-order valence-corrected chi connectivity index (χ1v) is 22.6. The molecule has 0 saturated carbocycles. The lowest BCUT2D eigenvalue weighted by atomic mass is 9.74. The highest BCUT2D eigenvalue weighted by atomic mass is 15.3. The molecule has 4 nitrogen and oxygen atoms in total. The summed E-state index contributed by atoms with van der Waals surface area (Å²) >= 11 is 0. The molecule has 9 rings (SSSR count). The topological polar surface area (TPSA) is 41.9 Å². The van der Waals surface area contributed by atoms with Gasteiger partial charge in [0.05, 0.1) is 5.69 Å². The molecular formula is C61H56N4. The van der Waals surface area contributed by atoms with Gasteiger partial charge in [0.2, 0.25) is 5.95 Å². The van der Waals surface area contributed by atoms with Crippen molar-refractivity contribution < 1.29 is 0 Å². The molecule has 0 N–H and O–H groups in total. The summed E-state index contributed by atoms with van der Waals surface area (Å²) in [7, 11) is 0. The van der Waals surface area contributed by atoms with Crippen molar-refractivity contribution in [2.24, 2.45) is 0 Å². The molecular weight excluding hydrogens is 789 g/mol. The summed E-state index contributed by atoms with van der Waals surface area (Å²) in [6.07, 6.45) is 0. The van der Waals surface area contributed by atoms with Crippen molar-refractivity contribution in [3.05, 3.63) is 237 Å². The van der Waals surface area contributed by atoms with E-state index < -0.39 is 0 Å². The molecule has 0 radical (unpaired) electrons. The van der Waals surface area contributed by atoms with E-state index in [2.05, 4.69) is 219 Å². The first-order chi connectivity index (χ1) is 31.4. The summed E-state index contributed by atoms with van der Waals surface area (Å²) in [5, 5.41) is 0. The number of aromatic nitrogens is 3. The number of hydrogen-bond donors (Lipinski definition) is 0. The molecule has 0 spiro atoms. The second-order valence-electron chi connectivity index (χ2n) is 17.8. The van der Waals surface area contributed by atoms with Gasteiger partial charge >= 0.3 is 0 Å². The van der Waals surface area contributed by atoms with E-state index >= 15 is 0 Å². The van der Waals surface area contributed by atoms with Crippen LogP contribution in [-0.4, -0.2) is 15.0 Å². The summed E-state index contributed by atoms with van der Waals surface area (Å²) in [6.45, 7) is 20.4. The Labute approximate surface area is 385 Å². The van der Waals surface area contributed by atoms with Gasteiger partial charge in [-0.2, -0.15) is 9.97 Å². The van der Waals surface area contributed by atoms with Crippen LogP contribution in [-0.2, 0) is 0 Å². The third-order valence-electron chi connectivity index (χ3n) is 12.8. The lowest BCUT2D eigenvalue weighted by Gasteiger charge is -2.33. The Morgan fingerprint density at radius 1 is 0.338 bits per heavy atom. The standard InChI is InChI=1S/C61H56N4/c1-38-30-40(3)54(41(4)31-38)57(55-42(5)32-39(2)33-43(55)6)56-44(7)34-45(8)58(46(56)9)65(53-28-20-13-21-29-53)61-63-59(49-26-18-12-19-27-49)62-60(64-61)52-36-50(47-22-14-10-15-23-47)35-51(37-52)48-24-16-11-17-25-48/h10-37,57H,1-9H3. The van der Waals surface area contributed by atoms with Crippen LogP contribution in [0.25, 0.3) is 45.0 Å². The Morgan fingerprint density at radius 2 is 0.723 bits per heavy atom. The van der Waals surface area contributed by atoms with Gasteiger partial charge in [0.25, 0.3) is 0 Å². The van der Waals surface area contributed by atoms with Crippen molar-refractivity contribution in [2.75, 3.05) is 4.90 Å². The van der Waals surface area contributed by atoms with E-state index in [0.717, 1.165) is 50.3 Å². The molecule has 9 aromatic rings. The van der Waals surface area contributed by atoms with Crippen molar-refractivity contribution in [3.63, 3.8) is 0 Å². The zero-order valence-electron chi connectivity index (χ0n) is 39.0. The van der Waals surface area contributed by atoms with Gasteiger partial charge in [-0.05, 0) is 171 Å². The molecule has 0 atom stereocenters. The smallest absolute Gasteiger partial charge is 0.238 e. The summed E-state index contributed by atoms with van der Waals surface area (Å²) < 4.78 is 0. The van der Waals surface area contributed by atoms with Crippen molar-refractivity contribution >= 4 is 17.3 Å². The number of nitrogens with zero attached hydrogens (tertiary/aromatic N) is 4. The van der Waals surface area contributed by atoms with Crippen molar-refractivity contribution in [1.82, 2.24) is 15.0 Å². The van der Waals surface area contributed by atoms with Crippen LogP contribution in [0.2, 0.25) is 0 Å². The first kappa shape index (κ1) is 42.9. The molecule has 4 heteroatoms. The number of para-hydroxylation sites is 1. The average molecular weight is 845 g/mol. The second kappa shape index (κ2) is 18.0. The van der Waals surface area contributed by atoms with E-state index in [1.54, 1.807) is 0 Å². The van der Waals surface area contributed by atoms with Gasteiger partial charge in [-0.25, -0.2) is 4.98 Å². The highest BCUT2D eigenvalue weighted by Gasteiger charge is 2.31. The van der Waals surface area contributed by atoms with Crippen molar-refractivity contribution in [1.29, 1.82) is 0 Å². The Balaban J connectivity index is 1.34. The highest BCUT2D eigenvalue weighted by Crippen LogP contribution is 2.47. The van der Waals surface area contributed by atoms with Crippen LogP contribution in [0.1, 0.15) is 72.7 Å². The zero-order chi connectivity index (χ0) is 45.4. The minimum atomic E-state index is -0.0147. The van der Waals surface area contributed by atoms with Crippen LogP contribution < -0.4 is 4.90 Å². The molecule has 0 bridgehead atoms. The minimum absolute atomic E-state index is 0.0147. The summed E-state index contributed by atoms with van der Waals surface area (Å²) in [4.78, 5) is 18.5. The monoisotopic (exact) mass is 844 g/mol. The number of aryl methyl sites for hydroxylation is 8. The number of benzene rings is 8. The number of hydrogen-bond acceptors (Lipinski definition) is 4. The van der Waals surface area contributed by atoms with E-state index in [-0.39, 0.29) is 5.92 Å². The fourth-order valence-corrected chi connectivity index (χ4v) is 10.3. The molecule has 1 heterocycles. The third-order valence-corrected chi connectivity index (χ3v) is 12.8. The van der Waals surface area contributed by atoms with Gasteiger partial charge in [0.1, 0.15) is 0 Å². The van der Waals surface area contributed by atoms with Gasteiger partial charge < -0.3 is 0 Å². The van der Waals surface area contributed by atoms with E-state index in [1.807, 2.05) is 18.2 Å². The second-order valence-corrected chi connectivity index (χ2v) is 17.8. The molecule has 0 fully saturated rings. The van der Waals surface area contributed by atoms with Gasteiger partial charge in [-0.15, -0.1) is 0 Å². The van der Waals surface area contributed by atoms with Crippen LogP contribution >= 0.6 is 0 Å². The van der Waals surface area contributed by atoms with Crippen LogP contribution in [0.5, 0.6) is 0 Å². The molecule has 0 saturated heterocycles. The largest absolute Gasteiger partial charge is 0.279 e. The van der Waals surface area contributed by atoms with Crippen LogP contribution in [0.3, 0.4) is 0 Å². The minimum Gasteiger partial charge on any atom is -0.279 e. The Morgan fingerprint density at radius 3 is 1.18 bits per heavy atom. The molecule has 65 heavy (non-hydrogen) atoms. The van der Waals surface area contributed by atoms with E-state index in [4.69, 9.17) is 15.0 Å². The maximum absolute atomic E-state index is 5.53. The van der Waals surface area contributed by atoms with Crippen LogP contribution in [0.15, 0.2) is 170 Å². The third kappa shape index (κ3) is 8.53. The summed E-state index contributed by atoms with van der Waals surface area (Å²) in [5.74, 6) is 1.74. The molecule has 0 aliphatic carbocycles. The normalized spacial score (nSPS) is 11.3. The van der Waals surface area contributed by atoms with Crippen molar-refractivity contribution in [3.8, 4) is 45.0 Å². The van der Waals surface area contributed by atoms with Crippen molar-refractivity contribution in [2.45, 2.75) is 68.2 Å².